The number of phenolic OH excluding ortho intramolecular Hbond substituents is 1. The number of aromatic hydroxyl groups is 1. The fourth-order valence-corrected chi connectivity index (χ4v) is 5.43. The predicted molar refractivity (Wildman–Crippen MR) is 103 cm³/mol. The third-order valence-electron chi connectivity index (χ3n) is 6.85. The molecule has 2 amide bonds. The van der Waals surface area contributed by atoms with Crippen LogP contribution in [0.5, 0.6) is 5.75 Å². The molecular weight excluding hydrogens is 405 g/mol. The van der Waals surface area contributed by atoms with Gasteiger partial charge in [-0.15, -0.1) is 0 Å². The van der Waals surface area contributed by atoms with Crippen LogP contribution in [0, 0.1) is 23.6 Å². The number of allylic oxidation sites excluding steroid dienone is 6. The van der Waals surface area contributed by atoms with E-state index in [9.17, 15) is 33.9 Å². The van der Waals surface area contributed by atoms with Crippen LogP contribution in [0.15, 0.2) is 52.6 Å². The zero-order valence-corrected chi connectivity index (χ0v) is 16.5. The molecule has 31 heavy (non-hydrogen) atoms. The first-order valence-corrected chi connectivity index (χ1v) is 9.96. The van der Waals surface area contributed by atoms with Gasteiger partial charge in [0.05, 0.1) is 11.8 Å². The van der Waals surface area contributed by atoms with Gasteiger partial charge in [-0.25, -0.2) is 4.39 Å². The minimum Gasteiger partial charge on any atom is -0.505 e. The molecule has 0 aromatic heterocycles. The number of hydrogen-bond donors (Lipinski definition) is 2. The topological polar surface area (TPSA) is 112 Å². The second-order valence-electron chi connectivity index (χ2n) is 8.43. The molecule has 1 heterocycles. The molecule has 0 radical (unpaired) electrons. The SMILES string of the molecule is CC1=CC(=O)C2=C(C1=O)C(c1ccc(O)c(F)c1)C1=CCC3C(=O)N(O)C(=O)C3C1C2. The lowest BCUT2D eigenvalue weighted by Crippen LogP contribution is -2.39. The average molecular weight is 423 g/mol. The molecule has 0 saturated carbocycles. The molecule has 4 atom stereocenters. The number of Topliss-reactive ketones (excluding diaryl/α,β-unsaturated/α-hetero) is 1. The predicted octanol–water partition coefficient (Wildman–Crippen LogP) is 2.35. The number of amides is 2. The van der Waals surface area contributed by atoms with Crippen LogP contribution in [0.3, 0.4) is 0 Å². The number of ketones is 2. The first kappa shape index (κ1) is 19.6. The van der Waals surface area contributed by atoms with Crippen LogP contribution in [0.1, 0.15) is 31.2 Å². The molecule has 0 spiro atoms. The van der Waals surface area contributed by atoms with E-state index in [1.165, 1.54) is 18.2 Å². The van der Waals surface area contributed by atoms with Crippen molar-refractivity contribution in [2.24, 2.45) is 17.8 Å². The van der Waals surface area contributed by atoms with Crippen LogP contribution in [0.25, 0.3) is 0 Å². The fraction of sp³-hybridized carbons (Fsp3) is 0.304. The third-order valence-corrected chi connectivity index (χ3v) is 6.85. The second-order valence-corrected chi connectivity index (χ2v) is 8.43. The Kier molecular flexibility index (Phi) is 4.14. The molecule has 2 N–H and O–H groups in total. The number of rotatable bonds is 1. The fourth-order valence-electron chi connectivity index (χ4n) is 5.43. The van der Waals surface area contributed by atoms with Crippen molar-refractivity contribution in [1.29, 1.82) is 0 Å². The Morgan fingerprint density at radius 3 is 2.55 bits per heavy atom. The zero-order chi connectivity index (χ0) is 22.2. The monoisotopic (exact) mass is 423 g/mol. The first-order chi connectivity index (χ1) is 14.7. The van der Waals surface area contributed by atoms with E-state index in [0.29, 0.717) is 11.1 Å². The van der Waals surface area contributed by atoms with E-state index in [1.54, 1.807) is 13.0 Å². The highest BCUT2D eigenvalue weighted by Crippen LogP contribution is 2.55. The van der Waals surface area contributed by atoms with Crippen LogP contribution in [0.2, 0.25) is 0 Å². The van der Waals surface area contributed by atoms with Gasteiger partial charge in [0, 0.05) is 22.6 Å². The van der Waals surface area contributed by atoms with Crippen molar-refractivity contribution in [2.45, 2.75) is 25.7 Å². The van der Waals surface area contributed by atoms with Crippen LogP contribution < -0.4 is 0 Å². The van der Waals surface area contributed by atoms with E-state index in [1.807, 2.05) is 0 Å². The smallest absolute Gasteiger partial charge is 0.257 e. The molecule has 3 aliphatic carbocycles. The van der Waals surface area contributed by atoms with Gasteiger partial charge in [-0.05, 0) is 49.5 Å². The number of benzene rings is 1. The molecule has 1 aromatic rings. The number of hydrogen-bond acceptors (Lipinski definition) is 6. The standard InChI is InChI=1S/C23H18FNO6/c1-9-6-17(27)14-8-13-11(3-4-12-19(13)23(30)25(31)22(12)29)18(20(14)21(9)28)10-2-5-16(26)15(24)7-10/h2-3,5-7,12-13,18-19,26,31H,4,8H2,1H3. The van der Waals surface area contributed by atoms with Gasteiger partial charge in [0.1, 0.15) is 0 Å². The highest BCUT2D eigenvalue weighted by molar-refractivity contribution is 6.23. The molecule has 1 aromatic carbocycles. The summed E-state index contributed by atoms with van der Waals surface area (Å²) in [6.45, 7) is 1.54. The normalized spacial score (nSPS) is 30.1. The number of phenols is 1. The first-order valence-electron chi connectivity index (χ1n) is 9.96. The van der Waals surface area contributed by atoms with Crippen LogP contribution in [-0.2, 0) is 19.2 Å². The Hall–Kier alpha value is -3.39. The summed E-state index contributed by atoms with van der Waals surface area (Å²) in [7, 11) is 0. The Bertz CT molecular complexity index is 1190. The molecular formula is C23H18FNO6. The maximum atomic E-state index is 14.2. The number of nitrogens with zero attached hydrogens (tertiary/aromatic N) is 1. The Labute approximate surface area is 176 Å². The largest absolute Gasteiger partial charge is 0.505 e. The van der Waals surface area contributed by atoms with Crippen molar-refractivity contribution < 1.29 is 33.9 Å². The van der Waals surface area contributed by atoms with Crippen LogP contribution in [-0.4, -0.2) is 38.8 Å². The van der Waals surface area contributed by atoms with Crippen molar-refractivity contribution in [3.05, 3.63) is 64.0 Å². The summed E-state index contributed by atoms with van der Waals surface area (Å²) in [5.41, 5.74) is 1.78. The number of imide groups is 1. The Balaban J connectivity index is 1.72. The molecule has 4 unspecified atom stereocenters. The van der Waals surface area contributed by atoms with Crippen molar-refractivity contribution in [2.75, 3.05) is 0 Å². The average Bonchev–Trinajstić information content (AvgIpc) is 2.97. The van der Waals surface area contributed by atoms with E-state index in [4.69, 9.17) is 0 Å². The maximum absolute atomic E-state index is 14.2. The molecule has 1 saturated heterocycles. The quantitative estimate of drug-likeness (QED) is 0.310. The lowest BCUT2D eigenvalue weighted by atomic mass is 9.59. The van der Waals surface area contributed by atoms with Gasteiger partial charge in [-0.3, -0.25) is 24.4 Å². The summed E-state index contributed by atoms with van der Waals surface area (Å²) in [5, 5.41) is 19.6. The highest BCUT2D eigenvalue weighted by atomic mass is 19.1. The van der Waals surface area contributed by atoms with Gasteiger partial charge in [-0.2, -0.15) is 5.06 Å². The maximum Gasteiger partial charge on any atom is 0.257 e. The van der Waals surface area contributed by atoms with Crippen LogP contribution >= 0.6 is 0 Å². The summed E-state index contributed by atoms with van der Waals surface area (Å²) in [4.78, 5) is 50.9. The molecule has 8 heteroatoms. The lowest BCUT2D eigenvalue weighted by molar-refractivity contribution is -0.173. The summed E-state index contributed by atoms with van der Waals surface area (Å²) in [6, 6.07) is 3.78. The van der Waals surface area contributed by atoms with E-state index in [0.717, 1.165) is 6.07 Å². The molecule has 5 rings (SSSR count). The summed E-state index contributed by atoms with van der Waals surface area (Å²) in [6.07, 6.45) is 3.29. The number of fused-ring (bicyclic) bond motifs is 3. The number of carbonyl (C=O) groups excluding carboxylic acids is 4. The van der Waals surface area contributed by atoms with Gasteiger partial charge in [-0.1, -0.05) is 17.7 Å². The molecule has 4 aliphatic rings. The Morgan fingerprint density at radius 2 is 1.84 bits per heavy atom. The van der Waals surface area contributed by atoms with Crippen molar-refractivity contribution in [3.8, 4) is 5.75 Å². The summed E-state index contributed by atoms with van der Waals surface area (Å²) in [5.74, 6) is -6.47. The Morgan fingerprint density at radius 1 is 1.10 bits per heavy atom. The van der Waals surface area contributed by atoms with Gasteiger partial charge in [0.25, 0.3) is 11.8 Å². The van der Waals surface area contributed by atoms with E-state index in [2.05, 4.69) is 0 Å². The van der Waals surface area contributed by atoms with Crippen LogP contribution in [0.4, 0.5) is 4.39 Å². The van der Waals surface area contributed by atoms with Gasteiger partial charge in [0.2, 0.25) is 0 Å². The van der Waals surface area contributed by atoms with Crippen molar-refractivity contribution >= 4 is 23.4 Å². The van der Waals surface area contributed by atoms with Crippen molar-refractivity contribution in [3.63, 3.8) is 0 Å². The molecule has 158 valence electrons. The van der Waals surface area contributed by atoms with E-state index >= 15 is 0 Å². The second kappa shape index (κ2) is 6.55. The van der Waals surface area contributed by atoms with Gasteiger partial charge in [0.15, 0.2) is 23.1 Å². The number of halogens is 1. The highest BCUT2D eigenvalue weighted by Gasteiger charge is 2.56. The zero-order valence-electron chi connectivity index (χ0n) is 16.5. The third kappa shape index (κ3) is 2.61. The van der Waals surface area contributed by atoms with E-state index in [-0.39, 0.29) is 46.2 Å². The van der Waals surface area contributed by atoms with E-state index < -0.39 is 47.1 Å². The van der Waals surface area contributed by atoms with Gasteiger partial charge < -0.3 is 5.11 Å². The molecule has 0 bridgehead atoms. The minimum atomic E-state index is -0.869. The van der Waals surface area contributed by atoms with Crippen molar-refractivity contribution in [1.82, 2.24) is 5.06 Å². The minimum absolute atomic E-state index is 0.0839. The molecule has 1 aliphatic heterocycles. The summed E-state index contributed by atoms with van der Waals surface area (Å²) >= 11 is 0. The van der Waals surface area contributed by atoms with Gasteiger partial charge >= 0.3 is 0 Å². The number of hydroxylamine groups is 2. The molecule has 7 nitrogen and oxygen atoms in total. The lowest BCUT2D eigenvalue weighted by Gasteiger charge is -2.42. The molecule has 1 fully saturated rings. The summed E-state index contributed by atoms with van der Waals surface area (Å²) < 4.78 is 14.2. The number of carbonyl (C=O) groups is 4.